The third kappa shape index (κ3) is 4.48. The van der Waals surface area contributed by atoms with Gasteiger partial charge in [0, 0.05) is 12.2 Å². The quantitative estimate of drug-likeness (QED) is 0.426. The number of anilines is 1. The summed E-state index contributed by atoms with van der Waals surface area (Å²) in [4.78, 5) is 7.25. The molecular weight excluding hydrogens is 466 g/mol. The normalized spacial score (nSPS) is 18.1. The van der Waals surface area contributed by atoms with Gasteiger partial charge in [0.2, 0.25) is 0 Å². The van der Waals surface area contributed by atoms with Crippen LogP contribution in [0.1, 0.15) is 22.4 Å². The largest absolute Gasteiger partial charge is 0.347 e. The van der Waals surface area contributed by atoms with Crippen molar-refractivity contribution in [1.29, 1.82) is 5.26 Å². The monoisotopic (exact) mass is 489 g/mol. The predicted molar refractivity (Wildman–Crippen MR) is 132 cm³/mol. The fourth-order valence-corrected chi connectivity index (χ4v) is 7.49. The van der Waals surface area contributed by atoms with Crippen LogP contribution in [0.25, 0.3) is 0 Å². The maximum absolute atomic E-state index is 13.9. The van der Waals surface area contributed by atoms with Crippen molar-refractivity contribution in [2.24, 2.45) is 0 Å². The second kappa shape index (κ2) is 9.43. The number of imidazole rings is 1. The SMILES string of the molecule is N#Cc1ccc2c(c1)C[C@@H](S(=O)(=O)c1cccs1)C(Cc1ccccc1)NN2Cc1cnc[nH]1. The second-order valence-corrected chi connectivity index (χ2v) is 11.6. The summed E-state index contributed by atoms with van der Waals surface area (Å²) in [7, 11) is -3.63. The van der Waals surface area contributed by atoms with Crippen LogP contribution in [0.5, 0.6) is 0 Å². The van der Waals surface area contributed by atoms with E-state index >= 15 is 0 Å². The number of H-pyrrole nitrogens is 1. The molecule has 7 nitrogen and oxygen atoms in total. The fraction of sp³-hybridized carbons (Fsp3) is 0.200. The molecule has 0 saturated heterocycles. The molecule has 5 rings (SSSR count). The molecule has 1 aliphatic heterocycles. The number of aromatic amines is 1. The maximum Gasteiger partial charge on any atom is 0.192 e. The summed E-state index contributed by atoms with van der Waals surface area (Å²) in [6, 6.07) is 20.6. The van der Waals surface area contributed by atoms with Crippen LogP contribution in [0.15, 0.2) is 82.8 Å². The third-order valence-electron chi connectivity index (χ3n) is 6.05. The van der Waals surface area contributed by atoms with Crippen molar-refractivity contribution in [3.8, 4) is 6.07 Å². The highest BCUT2D eigenvalue weighted by Crippen LogP contribution is 2.34. The van der Waals surface area contributed by atoms with Gasteiger partial charge in [-0.15, -0.1) is 11.3 Å². The van der Waals surface area contributed by atoms with Crippen LogP contribution >= 0.6 is 11.3 Å². The predicted octanol–water partition coefficient (Wildman–Crippen LogP) is 3.86. The lowest BCUT2D eigenvalue weighted by molar-refractivity contribution is 0.457. The Balaban J connectivity index is 1.62. The lowest BCUT2D eigenvalue weighted by Gasteiger charge is -2.31. The number of hydrazine groups is 1. The van der Waals surface area contributed by atoms with E-state index in [2.05, 4.69) is 21.5 Å². The van der Waals surface area contributed by atoms with Crippen LogP contribution < -0.4 is 10.4 Å². The summed E-state index contributed by atoms with van der Waals surface area (Å²) < 4.78 is 28.1. The summed E-state index contributed by atoms with van der Waals surface area (Å²) in [6.07, 6.45) is 4.21. The number of fused-ring (bicyclic) bond motifs is 1. The molecule has 2 aromatic carbocycles. The average molecular weight is 490 g/mol. The van der Waals surface area contributed by atoms with Gasteiger partial charge in [-0.1, -0.05) is 36.4 Å². The summed E-state index contributed by atoms with van der Waals surface area (Å²) in [5.41, 5.74) is 7.68. The Morgan fingerprint density at radius 2 is 2.00 bits per heavy atom. The molecule has 172 valence electrons. The van der Waals surface area contributed by atoms with Crippen LogP contribution in [0.2, 0.25) is 0 Å². The molecule has 1 unspecified atom stereocenters. The van der Waals surface area contributed by atoms with E-state index in [-0.39, 0.29) is 0 Å². The van der Waals surface area contributed by atoms with Crippen LogP contribution in [0.3, 0.4) is 0 Å². The Bertz CT molecular complexity index is 1400. The van der Waals surface area contributed by atoms with Gasteiger partial charge < -0.3 is 9.99 Å². The minimum Gasteiger partial charge on any atom is -0.347 e. The molecule has 1 aliphatic rings. The molecule has 0 amide bonds. The Hall–Kier alpha value is -3.45. The summed E-state index contributed by atoms with van der Waals surface area (Å²) in [5, 5.41) is 12.5. The number of aromatic nitrogens is 2. The molecule has 2 N–H and O–H groups in total. The molecule has 2 aromatic heterocycles. The molecule has 0 spiro atoms. The van der Waals surface area contributed by atoms with Crippen molar-refractivity contribution in [3.05, 3.63) is 101 Å². The number of hydrogen-bond acceptors (Lipinski definition) is 7. The molecule has 2 atom stereocenters. The van der Waals surface area contributed by atoms with Gasteiger partial charge in [0.1, 0.15) is 4.21 Å². The zero-order valence-corrected chi connectivity index (χ0v) is 19.9. The molecule has 0 bridgehead atoms. The van der Waals surface area contributed by atoms with E-state index in [1.165, 1.54) is 11.3 Å². The Morgan fingerprint density at radius 3 is 2.71 bits per heavy atom. The number of nitrogens with one attached hydrogen (secondary N) is 2. The van der Waals surface area contributed by atoms with Crippen molar-refractivity contribution >= 4 is 26.9 Å². The van der Waals surface area contributed by atoms with Crippen molar-refractivity contribution < 1.29 is 8.42 Å². The average Bonchev–Trinajstić information content (AvgIpc) is 3.55. The van der Waals surface area contributed by atoms with Gasteiger partial charge in [-0.3, -0.25) is 0 Å². The Kier molecular flexibility index (Phi) is 6.20. The van der Waals surface area contributed by atoms with E-state index in [1.807, 2.05) is 41.4 Å². The zero-order valence-electron chi connectivity index (χ0n) is 18.3. The van der Waals surface area contributed by atoms with Gasteiger partial charge in [-0.2, -0.15) is 5.26 Å². The highest BCUT2D eigenvalue weighted by Gasteiger charge is 2.39. The smallest absolute Gasteiger partial charge is 0.192 e. The van der Waals surface area contributed by atoms with E-state index in [4.69, 9.17) is 0 Å². The van der Waals surface area contributed by atoms with Crippen molar-refractivity contribution in [1.82, 2.24) is 15.4 Å². The number of thiophene rings is 1. The standard InChI is InChI=1S/C25H23N5O2S2/c26-14-19-8-9-23-20(11-19)13-24(34(31,32)25-7-4-10-33-25)22(12-18-5-2-1-3-6-18)29-30(23)16-21-15-27-17-28-21/h1-11,15,17,22,24,29H,12-13,16H2,(H,27,28)/t22?,24-/m1/s1. The van der Waals surface area contributed by atoms with Crippen LogP contribution in [-0.4, -0.2) is 29.7 Å². The molecule has 0 fully saturated rings. The van der Waals surface area contributed by atoms with Gasteiger partial charge in [0.25, 0.3) is 0 Å². The first-order chi connectivity index (χ1) is 16.5. The van der Waals surface area contributed by atoms with Gasteiger partial charge in [0.15, 0.2) is 9.84 Å². The first kappa shape index (κ1) is 22.3. The topological polar surface area (TPSA) is 102 Å². The van der Waals surface area contributed by atoms with E-state index in [9.17, 15) is 13.7 Å². The number of rotatable bonds is 6. The second-order valence-electron chi connectivity index (χ2n) is 8.26. The van der Waals surface area contributed by atoms with Crippen LogP contribution in [-0.2, 0) is 29.2 Å². The number of nitrogens with zero attached hydrogens (tertiary/aromatic N) is 3. The van der Waals surface area contributed by atoms with Gasteiger partial charge in [-0.25, -0.2) is 18.8 Å². The molecule has 0 aliphatic carbocycles. The van der Waals surface area contributed by atoms with E-state index in [0.29, 0.717) is 29.2 Å². The molecule has 34 heavy (non-hydrogen) atoms. The number of benzene rings is 2. The first-order valence-electron chi connectivity index (χ1n) is 10.9. The molecule has 0 radical (unpaired) electrons. The number of hydrogen-bond donors (Lipinski definition) is 2. The fourth-order valence-electron chi connectivity index (χ4n) is 4.41. The summed E-state index contributed by atoms with van der Waals surface area (Å²) >= 11 is 1.24. The van der Waals surface area contributed by atoms with Crippen LogP contribution in [0, 0.1) is 11.3 Å². The first-order valence-corrected chi connectivity index (χ1v) is 13.3. The lowest BCUT2D eigenvalue weighted by Crippen LogP contribution is -2.52. The minimum atomic E-state index is -3.63. The van der Waals surface area contributed by atoms with Gasteiger partial charge >= 0.3 is 0 Å². The lowest BCUT2D eigenvalue weighted by atomic mass is 9.98. The summed E-state index contributed by atoms with van der Waals surface area (Å²) in [5.74, 6) is 0. The molecular formula is C25H23N5O2S2. The van der Waals surface area contributed by atoms with Crippen molar-refractivity contribution in [3.63, 3.8) is 0 Å². The van der Waals surface area contributed by atoms with E-state index < -0.39 is 21.1 Å². The maximum atomic E-state index is 13.9. The Labute approximate surface area is 202 Å². The van der Waals surface area contributed by atoms with Crippen molar-refractivity contribution in [2.45, 2.75) is 34.9 Å². The van der Waals surface area contributed by atoms with Gasteiger partial charge in [0.05, 0.1) is 41.1 Å². The van der Waals surface area contributed by atoms with E-state index in [1.54, 1.807) is 42.2 Å². The summed E-state index contributed by atoms with van der Waals surface area (Å²) in [6.45, 7) is 0.468. The van der Waals surface area contributed by atoms with Crippen LogP contribution in [0.4, 0.5) is 5.69 Å². The number of nitriles is 1. The van der Waals surface area contributed by atoms with Gasteiger partial charge in [-0.05, 0) is 53.6 Å². The number of sulfone groups is 1. The highest BCUT2D eigenvalue weighted by molar-refractivity contribution is 7.94. The molecule has 4 aromatic rings. The molecule has 3 heterocycles. The molecule has 0 saturated carbocycles. The van der Waals surface area contributed by atoms with E-state index in [0.717, 1.165) is 22.5 Å². The highest BCUT2D eigenvalue weighted by atomic mass is 32.2. The van der Waals surface area contributed by atoms with Crippen molar-refractivity contribution in [2.75, 3.05) is 5.01 Å². The Morgan fingerprint density at radius 1 is 1.15 bits per heavy atom. The zero-order chi connectivity index (χ0) is 23.5. The molecule has 9 heteroatoms. The third-order valence-corrected chi connectivity index (χ3v) is 9.68. The minimum absolute atomic E-state index is 0.301.